The average Bonchev–Trinajstić information content (AvgIpc) is 2.68. The van der Waals surface area contributed by atoms with Gasteiger partial charge in [0.05, 0.1) is 18.6 Å². The number of aromatic nitrogens is 2. The Balaban J connectivity index is 1.70. The zero-order chi connectivity index (χ0) is 18.5. The molecule has 0 unspecified atom stereocenters. The van der Waals surface area contributed by atoms with E-state index in [4.69, 9.17) is 9.84 Å². The number of aliphatic carboxylic acids is 1. The van der Waals surface area contributed by atoms with Crippen molar-refractivity contribution in [1.29, 1.82) is 0 Å². The van der Waals surface area contributed by atoms with Gasteiger partial charge in [-0.2, -0.15) is 4.98 Å². The molecule has 1 aliphatic heterocycles. The normalized spacial score (nSPS) is 14.7. The third-order valence-corrected chi connectivity index (χ3v) is 4.35. The maximum absolute atomic E-state index is 11.6. The summed E-state index contributed by atoms with van der Waals surface area (Å²) in [6, 6.07) is 8.69. The number of carbonyl (C=O) groups excluding carboxylic acids is 1. The van der Waals surface area contributed by atoms with Crippen LogP contribution in [0.4, 0.5) is 17.5 Å². The van der Waals surface area contributed by atoms with E-state index in [-0.39, 0.29) is 5.92 Å². The van der Waals surface area contributed by atoms with E-state index in [1.54, 1.807) is 36.5 Å². The second-order valence-corrected chi connectivity index (χ2v) is 6.04. The molecule has 0 aliphatic carbocycles. The lowest BCUT2D eigenvalue weighted by Crippen LogP contribution is -2.36. The van der Waals surface area contributed by atoms with Crippen molar-refractivity contribution in [2.75, 3.05) is 30.4 Å². The molecule has 0 atom stereocenters. The topological polar surface area (TPSA) is 105 Å². The van der Waals surface area contributed by atoms with Crippen molar-refractivity contribution < 1.29 is 19.4 Å². The Hall–Kier alpha value is -3.16. The van der Waals surface area contributed by atoms with E-state index in [0.29, 0.717) is 43.1 Å². The summed E-state index contributed by atoms with van der Waals surface area (Å²) in [5, 5.41) is 12.2. The van der Waals surface area contributed by atoms with Crippen molar-refractivity contribution in [2.45, 2.75) is 12.8 Å². The summed E-state index contributed by atoms with van der Waals surface area (Å²) < 4.78 is 4.72. The predicted molar refractivity (Wildman–Crippen MR) is 95.7 cm³/mol. The molecule has 1 fully saturated rings. The summed E-state index contributed by atoms with van der Waals surface area (Å²) in [4.78, 5) is 33.4. The Bertz CT molecular complexity index is 803. The van der Waals surface area contributed by atoms with Gasteiger partial charge in [-0.3, -0.25) is 4.79 Å². The summed E-state index contributed by atoms with van der Waals surface area (Å²) in [6.07, 6.45) is 2.85. The van der Waals surface area contributed by atoms with E-state index in [0.717, 1.165) is 5.82 Å². The molecule has 2 N–H and O–H groups in total. The van der Waals surface area contributed by atoms with Gasteiger partial charge in [-0.15, -0.1) is 0 Å². The first-order valence-electron chi connectivity index (χ1n) is 8.33. The van der Waals surface area contributed by atoms with Crippen molar-refractivity contribution in [3.63, 3.8) is 0 Å². The lowest BCUT2D eigenvalue weighted by molar-refractivity contribution is -0.142. The van der Waals surface area contributed by atoms with Crippen LogP contribution >= 0.6 is 0 Å². The third-order valence-electron chi connectivity index (χ3n) is 4.35. The minimum Gasteiger partial charge on any atom is -0.481 e. The van der Waals surface area contributed by atoms with Gasteiger partial charge in [-0.1, -0.05) is 6.07 Å². The second kappa shape index (κ2) is 7.81. The van der Waals surface area contributed by atoms with Gasteiger partial charge < -0.3 is 20.1 Å². The molecular formula is C18H20N4O4. The number of rotatable bonds is 5. The highest BCUT2D eigenvalue weighted by Gasteiger charge is 2.25. The average molecular weight is 356 g/mol. The standard InChI is InChI=1S/C18H20N4O4/c1-26-17(25)13-3-2-4-14(11-13)20-18-19-8-5-15(21-18)22-9-6-12(7-10-22)16(23)24/h2-5,8,11-12H,6-7,9-10H2,1H3,(H,23,24)(H,19,20,21). The molecule has 0 amide bonds. The fourth-order valence-corrected chi connectivity index (χ4v) is 2.91. The number of carboxylic acid groups (broad SMARTS) is 1. The highest BCUT2D eigenvalue weighted by molar-refractivity contribution is 5.90. The van der Waals surface area contributed by atoms with E-state index in [9.17, 15) is 9.59 Å². The molecule has 26 heavy (non-hydrogen) atoms. The monoisotopic (exact) mass is 356 g/mol. The first-order chi connectivity index (χ1) is 12.6. The SMILES string of the molecule is COC(=O)c1cccc(Nc2nccc(N3CCC(C(=O)O)CC3)n2)c1. The van der Waals surface area contributed by atoms with E-state index in [1.807, 2.05) is 0 Å². The molecule has 136 valence electrons. The highest BCUT2D eigenvalue weighted by atomic mass is 16.5. The second-order valence-electron chi connectivity index (χ2n) is 6.04. The fourth-order valence-electron chi connectivity index (χ4n) is 2.91. The van der Waals surface area contributed by atoms with Crippen LogP contribution in [0.5, 0.6) is 0 Å². The Morgan fingerprint density at radius 1 is 1.27 bits per heavy atom. The number of piperidine rings is 1. The number of ether oxygens (including phenoxy) is 1. The van der Waals surface area contributed by atoms with Gasteiger partial charge in [0.15, 0.2) is 0 Å². The van der Waals surface area contributed by atoms with Gasteiger partial charge in [-0.05, 0) is 37.1 Å². The lowest BCUT2D eigenvalue weighted by atomic mass is 9.97. The Morgan fingerprint density at radius 2 is 2.04 bits per heavy atom. The maximum Gasteiger partial charge on any atom is 0.337 e. The quantitative estimate of drug-likeness (QED) is 0.787. The van der Waals surface area contributed by atoms with Crippen LogP contribution < -0.4 is 10.2 Å². The Morgan fingerprint density at radius 3 is 2.73 bits per heavy atom. The molecule has 2 aromatic rings. The molecule has 8 heteroatoms. The summed E-state index contributed by atoms with van der Waals surface area (Å²) >= 11 is 0. The summed E-state index contributed by atoms with van der Waals surface area (Å²) in [6.45, 7) is 1.29. The molecule has 1 aliphatic rings. The molecule has 1 aromatic heterocycles. The van der Waals surface area contributed by atoms with Crippen LogP contribution in [0, 0.1) is 5.92 Å². The number of carbonyl (C=O) groups is 2. The number of nitrogens with one attached hydrogen (secondary N) is 1. The van der Waals surface area contributed by atoms with E-state index in [1.165, 1.54) is 7.11 Å². The summed E-state index contributed by atoms with van der Waals surface area (Å²) in [5.74, 6) is -0.281. The molecule has 0 bridgehead atoms. The molecule has 2 heterocycles. The molecule has 1 saturated heterocycles. The van der Waals surface area contributed by atoms with Gasteiger partial charge >= 0.3 is 11.9 Å². The largest absolute Gasteiger partial charge is 0.481 e. The van der Waals surface area contributed by atoms with E-state index in [2.05, 4.69) is 20.2 Å². The van der Waals surface area contributed by atoms with Gasteiger partial charge in [0.1, 0.15) is 5.82 Å². The lowest BCUT2D eigenvalue weighted by Gasteiger charge is -2.31. The zero-order valence-electron chi connectivity index (χ0n) is 14.4. The minimum atomic E-state index is -0.736. The first-order valence-corrected chi connectivity index (χ1v) is 8.33. The number of carboxylic acids is 1. The minimum absolute atomic E-state index is 0.285. The van der Waals surface area contributed by atoms with Crippen molar-refractivity contribution in [3.8, 4) is 0 Å². The van der Waals surface area contributed by atoms with Gasteiger partial charge in [0.2, 0.25) is 5.95 Å². The summed E-state index contributed by atoms with van der Waals surface area (Å²) in [7, 11) is 1.34. The number of esters is 1. The molecule has 0 spiro atoms. The third kappa shape index (κ3) is 4.08. The predicted octanol–water partition coefficient (Wildman–Crippen LogP) is 2.31. The van der Waals surface area contributed by atoms with Crippen molar-refractivity contribution in [1.82, 2.24) is 9.97 Å². The molecular weight excluding hydrogens is 336 g/mol. The number of anilines is 3. The van der Waals surface area contributed by atoms with Crippen molar-refractivity contribution in [3.05, 3.63) is 42.1 Å². The maximum atomic E-state index is 11.6. The molecule has 0 saturated carbocycles. The summed E-state index contributed by atoms with van der Waals surface area (Å²) in [5.41, 5.74) is 1.11. The van der Waals surface area contributed by atoms with E-state index >= 15 is 0 Å². The van der Waals surface area contributed by atoms with Gasteiger partial charge in [0.25, 0.3) is 0 Å². The number of nitrogens with zero attached hydrogens (tertiary/aromatic N) is 3. The first kappa shape index (κ1) is 17.7. The van der Waals surface area contributed by atoms with Crippen molar-refractivity contribution >= 4 is 29.4 Å². The van der Waals surface area contributed by atoms with Crippen molar-refractivity contribution in [2.24, 2.45) is 5.92 Å². The van der Waals surface area contributed by atoms with Crippen LogP contribution in [-0.4, -0.2) is 47.2 Å². The van der Waals surface area contributed by atoms with Crippen LogP contribution in [0.1, 0.15) is 23.2 Å². The molecule has 1 aromatic carbocycles. The molecule has 0 radical (unpaired) electrons. The Labute approximate surface area is 150 Å². The zero-order valence-corrected chi connectivity index (χ0v) is 14.4. The smallest absolute Gasteiger partial charge is 0.337 e. The number of benzene rings is 1. The van der Waals surface area contributed by atoms with Crippen LogP contribution in [-0.2, 0) is 9.53 Å². The van der Waals surface area contributed by atoms with E-state index < -0.39 is 11.9 Å². The fraction of sp³-hybridized carbons (Fsp3) is 0.333. The number of hydrogen-bond donors (Lipinski definition) is 2. The molecule has 3 rings (SSSR count). The Kier molecular flexibility index (Phi) is 5.31. The highest BCUT2D eigenvalue weighted by Crippen LogP contribution is 2.23. The van der Waals surface area contributed by atoms with Crippen LogP contribution in [0.15, 0.2) is 36.5 Å². The van der Waals surface area contributed by atoms with Gasteiger partial charge in [0, 0.05) is 25.0 Å². The number of methoxy groups -OCH3 is 1. The molecule has 8 nitrogen and oxygen atoms in total. The van der Waals surface area contributed by atoms with Crippen LogP contribution in [0.25, 0.3) is 0 Å². The van der Waals surface area contributed by atoms with Crippen LogP contribution in [0.3, 0.4) is 0 Å². The number of hydrogen-bond acceptors (Lipinski definition) is 7. The van der Waals surface area contributed by atoms with Gasteiger partial charge in [-0.25, -0.2) is 9.78 Å². The van der Waals surface area contributed by atoms with Crippen LogP contribution in [0.2, 0.25) is 0 Å².